The van der Waals surface area contributed by atoms with Gasteiger partial charge >= 0.3 is 0 Å². The molecule has 0 spiro atoms. The van der Waals surface area contributed by atoms with E-state index in [1.165, 1.54) is 5.69 Å². The largest absolute Gasteiger partial charge is 0.311 e. The summed E-state index contributed by atoms with van der Waals surface area (Å²) in [7, 11) is 1.95. The molecule has 0 aliphatic carbocycles. The normalized spacial score (nSPS) is 12.6. The summed E-state index contributed by atoms with van der Waals surface area (Å²) in [5, 5.41) is 8.81. The topological polar surface area (TPSA) is 29.9 Å². The minimum absolute atomic E-state index is 0.208. The van der Waals surface area contributed by atoms with Crippen LogP contribution in [0.4, 0.5) is 0 Å². The Kier molecular flexibility index (Phi) is 4.86. The molecular formula is C14H17Cl2N3. The Labute approximate surface area is 123 Å². The SMILES string of the molecule is CCn1nccc1C(Cc1ccc(Cl)c(Cl)c1)NC. The highest BCUT2D eigenvalue weighted by Gasteiger charge is 2.15. The van der Waals surface area contributed by atoms with Gasteiger partial charge in [0.15, 0.2) is 0 Å². The van der Waals surface area contributed by atoms with Crippen LogP contribution in [0.25, 0.3) is 0 Å². The molecule has 0 saturated heterocycles. The molecule has 1 heterocycles. The summed E-state index contributed by atoms with van der Waals surface area (Å²) < 4.78 is 2.00. The molecule has 0 saturated carbocycles. The van der Waals surface area contributed by atoms with Crippen LogP contribution in [0.2, 0.25) is 10.0 Å². The predicted octanol–water partition coefficient (Wildman–Crippen LogP) is 3.71. The lowest BCUT2D eigenvalue weighted by molar-refractivity contribution is 0.513. The first-order chi connectivity index (χ1) is 9.15. The lowest BCUT2D eigenvalue weighted by Crippen LogP contribution is -2.22. The molecule has 1 aromatic carbocycles. The lowest BCUT2D eigenvalue weighted by Gasteiger charge is -2.18. The first-order valence-corrected chi connectivity index (χ1v) is 7.04. The van der Waals surface area contributed by atoms with Gasteiger partial charge in [0.1, 0.15) is 0 Å². The smallest absolute Gasteiger partial charge is 0.0595 e. The lowest BCUT2D eigenvalue weighted by atomic mass is 10.0. The van der Waals surface area contributed by atoms with Crippen LogP contribution in [0, 0.1) is 0 Å². The maximum absolute atomic E-state index is 6.05. The number of halogens is 2. The van der Waals surface area contributed by atoms with Crippen molar-refractivity contribution in [3.05, 3.63) is 51.8 Å². The molecule has 102 valence electrons. The van der Waals surface area contributed by atoms with Crippen LogP contribution in [0.15, 0.2) is 30.5 Å². The summed E-state index contributed by atoms with van der Waals surface area (Å²) in [4.78, 5) is 0. The summed E-state index contributed by atoms with van der Waals surface area (Å²) in [5.41, 5.74) is 2.33. The number of nitrogens with zero attached hydrogens (tertiary/aromatic N) is 2. The van der Waals surface area contributed by atoms with Crippen LogP contribution >= 0.6 is 23.2 Å². The van der Waals surface area contributed by atoms with E-state index >= 15 is 0 Å². The highest BCUT2D eigenvalue weighted by molar-refractivity contribution is 6.42. The van der Waals surface area contributed by atoms with Crippen LogP contribution in [-0.4, -0.2) is 16.8 Å². The average molecular weight is 298 g/mol. The van der Waals surface area contributed by atoms with Gasteiger partial charge in [-0.1, -0.05) is 29.3 Å². The number of hydrogen-bond donors (Lipinski definition) is 1. The molecule has 2 aromatic rings. The minimum Gasteiger partial charge on any atom is -0.311 e. The van der Waals surface area contributed by atoms with E-state index in [1.807, 2.05) is 42.2 Å². The molecule has 19 heavy (non-hydrogen) atoms. The molecule has 1 N–H and O–H groups in total. The monoisotopic (exact) mass is 297 g/mol. The molecule has 1 unspecified atom stereocenters. The van der Waals surface area contributed by atoms with Crippen molar-refractivity contribution in [3.8, 4) is 0 Å². The Morgan fingerprint density at radius 3 is 2.68 bits per heavy atom. The van der Waals surface area contributed by atoms with Gasteiger partial charge in [-0.2, -0.15) is 5.10 Å². The number of nitrogens with one attached hydrogen (secondary N) is 1. The molecule has 0 amide bonds. The quantitative estimate of drug-likeness (QED) is 0.912. The van der Waals surface area contributed by atoms with E-state index in [2.05, 4.69) is 17.3 Å². The van der Waals surface area contributed by atoms with E-state index in [0.717, 1.165) is 18.5 Å². The van der Waals surface area contributed by atoms with E-state index in [1.54, 1.807) is 0 Å². The average Bonchev–Trinajstić information content (AvgIpc) is 2.88. The van der Waals surface area contributed by atoms with E-state index in [0.29, 0.717) is 10.0 Å². The van der Waals surface area contributed by atoms with Crippen molar-refractivity contribution in [1.82, 2.24) is 15.1 Å². The van der Waals surface area contributed by atoms with Crippen LogP contribution in [0.3, 0.4) is 0 Å². The molecule has 5 heteroatoms. The van der Waals surface area contributed by atoms with Crippen LogP contribution in [-0.2, 0) is 13.0 Å². The molecule has 3 nitrogen and oxygen atoms in total. The predicted molar refractivity (Wildman–Crippen MR) is 79.9 cm³/mol. The summed E-state index contributed by atoms with van der Waals surface area (Å²) in [6.07, 6.45) is 2.68. The van der Waals surface area contributed by atoms with Gasteiger partial charge in [0, 0.05) is 12.7 Å². The fraction of sp³-hybridized carbons (Fsp3) is 0.357. The maximum Gasteiger partial charge on any atom is 0.0595 e. The fourth-order valence-electron chi connectivity index (χ4n) is 2.16. The summed E-state index contributed by atoms with van der Waals surface area (Å²) in [6, 6.07) is 8.01. The van der Waals surface area contributed by atoms with Crippen LogP contribution < -0.4 is 5.32 Å². The third kappa shape index (κ3) is 3.30. The second kappa shape index (κ2) is 6.42. The van der Waals surface area contributed by atoms with Crippen molar-refractivity contribution in [2.75, 3.05) is 7.05 Å². The molecule has 0 aliphatic rings. The van der Waals surface area contributed by atoms with Gasteiger partial charge in [-0.05, 0) is 44.2 Å². The van der Waals surface area contributed by atoms with Crippen molar-refractivity contribution in [2.24, 2.45) is 0 Å². The third-order valence-corrected chi connectivity index (χ3v) is 3.92. The second-order valence-corrected chi connectivity index (χ2v) is 5.18. The molecule has 0 radical (unpaired) electrons. The second-order valence-electron chi connectivity index (χ2n) is 4.37. The van der Waals surface area contributed by atoms with Crippen LogP contribution in [0.1, 0.15) is 24.2 Å². The number of rotatable bonds is 5. The Hall–Kier alpha value is -1.03. The van der Waals surface area contributed by atoms with Crippen molar-refractivity contribution < 1.29 is 0 Å². The maximum atomic E-state index is 6.05. The van der Waals surface area contributed by atoms with Gasteiger partial charge in [-0.15, -0.1) is 0 Å². The van der Waals surface area contributed by atoms with Gasteiger partial charge in [0.25, 0.3) is 0 Å². The van der Waals surface area contributed by atoms with Crippen molar-refractivity contribution in [2.45, 2.75) is 25.9 Å². The van der Waals surface area contributed by atoms with Gasteiger partial charge < -0.3 is 5.32 Å². The zero-order valence-corrected chi connectivity index (χ0v) is 12.5. The first kappa shape index (κ1) is 14.4. The van der Waals surface area contributed by atoms with Crippen molar-refractivity contribution in [3.63, 3.8) is 0 Å². The zero-order chi connectivity index (χ0) is 13.8. The third-order valence-electron chi connectivity index (χ3n) is 3.18. The van der Waals surface area contributed by atoms with E-state index in [-0.39, 0.29) is 6.04 Å². The van der Waals surface area contributed by atoms with Gasteiger partial charge in [0.05, 0.1) is 21.8 Å². The van der Waals surface area contributed by atoms with Crippen molar-refractivity contribution >= 4 is 23.2 Å². The minimum atomic E-state index is 0.208. The highest BCUT2D eigenvalue weighted by atomic mass is 35.5. The van der Waals surface area contributed by atoms with Crippen molar-refractivity contribution in [1.29, 1.82) is 0 Å². The molecule has 1 aromatic heterocycles. The highest BCUT2D eigenvalue weighted by Crippen LogP contribution is 2.25. The van der Waals surface area contributed by atoms with Gasteiger partial charge in [-0.25, -0.2) is 0 Å². The number of benzene rings is 1. The summed E-state index contributed by atoms with van der Waals surface area (Å²) in [5.74, 6) is 0. The Balaban J connectivity index is 2.21. The number of aromatic nitrogens is 2. The zero-order valence-electron chi connectivity index (χ0n) is 11.0. The van der Waals surface area contributed by atoms with E-state index in [9.17, 15) is 0 Å². The molecule has 0 aliphatic heterocycles. The summed E-state index contributed by atoms with van der Waals surface area (Å²) >= 11 is 12.0. The molecule has 0 bridgehead atoms. The Morgan fingerprint density at radius 1 is 1.26 bits per heavy atom. The molecular weight excluding hydrogens is 281 g/mol. The molecule has 2 rings (SSSR count). The number of aryl methyl sites for hydroxylation is 1. The standard InChI is InChI=1S/C14H17Cl2N3/c1-3-19-14(6-7-18-19)13(17-2)9-10-4-5-11(15)12(16)8-10/h4-8,13,17H,3,9H2,1-2H3. The van der Waals surface area contributed by atoms with Gasteiger partial charge in [-0.3, -0.25) is 4.68 Å². The molecule has 0 fully saturated rings. The Bertz CT molecular complexity index is 551. The first-order valence-electron chi connectivity index (χ1n) is 6.28. The van der Waals surface area contributed by atoms with Gasteiger partial charge in [0.2, 0.25) is 0 Å². The van der Waals surface area contributed by atoms with E-state index in [4.69, 9.17) is 23.2 Å². The Morgan fingerprint density at radius 2 is 2.05 bits per heavy atom. The molecule has 1 atom stereocenters. The van der Waals surface area contributed by atoms with Crippen LogP contribution in [0.5, 0.6) is 0 Å². The fourth-order valence-corrected chi connectivity index (χ4v) is 2.48. The van der Waals surface area contributed by atoms with E-state index < -0.39 is 0 Å². The summed E-state index contributed by atoms with van der Waals surface area (Å²) in [6.45, 7) is 2.95. The number of likely N-dealkylation sites (N-methyl/N-ethyl adjacent to an activating group) is 1. The number of hydrogen-bond acceptors (Lipinski definition) is 2.